The van der Waals surface area contributed by atoms with Crippen LogP contribution >= 0.6 is 26.6 Å². The zero-order chi connectivity index (χ0) is 15.3. The van der Waals surface area contributed by atoms with Crippen LogP contribution in [0.1, 0.15) is 30.1 Å². The van der Waals surface area contributed by atoms with Crippen molar-refractivity contribution >= 4 is 41.6 Å². The lowest BCUT2D eigenvalue weighted by atomic mass is 10.2. The number of hydrogen-bond donors (Lipinski definition) is 1. The molecule has 20 heavy (non-hydrogen) atoms. The lowest BCUT2D eigenvalue weighted by Gasteiger charge is -2.11. The zero-order valence-corrected chi connectivity index (χ0v) is 14.2. The van der Waals surface area contributed by atoms with E-state index in [-0.39, 0.29) is 22.1 Å². The minimum atomic E-state index is -4.01. The van der Waals surface area contributed by atoms with E-state index in [4.69, 9.17) is 15.4 Å². The fourth-order valence-corrected chi connectivity index (χ4v) is 3.34. The van der Waals surface area contributed by atoms with Gasteiger partial charge in [-0.2, -0.15) is 0 Å². The van der Waals surface area contributed by atoms with E-state index in [9.17, 15) is 13.2 Å². The number of rotatable bonds is 6. The number of amides is 1. The summed E-state index contributed by atoms with van der Waals surface area (Å²) < 4.78 is 28.4. The Labute approximate surface area is 131 Å². The van der Waals surface area contributed by atoms with Gasteiger partial charge in [-0.25, -0.2) is 8.42 Å². The van der Waals surface area contributed by atoms with Crippen molar-refractivity contribution in [2.24, 2.45) is 0 Å². The number of hydrogen-bond acceptors (Lipinski definition) is 4. The van der Waals surface area contributed by atoms with Gasteiger partial charge in [0.1, 0.15) is 4.90 Å². The van der Waals surface area contributed by atoms with Gasteiger partial charge >= 0.3 is 0 Å². The zero-order valence-electron chi connectivity index (χ0n) is 11.1. The number of carbonyl (C=O) groups excluding carboxylic acids is 1. The van der Waals surface area contributed by atoms with Crippen LogP contribution in [0.25, 0.3) is 0 Å². The average molecular weight is 385 g/mol. The van der Waals surface area contributed by atoms with Crippen LogP contribution < -0.4 is 10.1 Å². The molecule has 1 aromatic carbocycles. The summed E-state index contributed by atoms with van der Waals surface area (Å²) in [6.45, 7) is 2.54. The summed E-state index contributed by atoms with van der Waals surface area (Å²) in [5.74, 6) is -0.284. The molecule has 0 saturated heterocycles. The van der Waals surface area contributed by atoms with Gasteiger partial charge < -0.3 is 10.1 Å². The van der Waals surface area contributed by atoms with Gasteiger partial charge in [-0.1, -0.05) is 13.3 Å². The van der Waals surface area contributed by atoms with Crippen molar-refractivity contribution in [3.63, 3.8) is 0 Å². The van der Waals surface area contributed by atoms with Crippen molar-refractivity contribution in [3.05, 3.63) is 22.2 Å². The maximum absolute atomic E-state index is 11.9. The highest BCUT2D eigenvalue weighted by Crippen LogP contribution is 2.35. The first-order valence-corrected chi connectivity index (χ1v) is 9.01. The van der Waals surface area contributed by atoms with Gasteiger partial charge in [0.25, 0.3) is 15.0 Å². The van der Waals surface area contributed by atoms with Crippen molar-refractivity contribution in [1.82, 2.24) is 5.32 Å². The molecule has 0 unspecified atom stereocenters. The van der Waals surface area contributed by atoms with Gasteiger partial charge in [0.15, 0.2) is 5.75 Å². The minimum absolute atomic E-state index is 0.0742. The van der Waals surface area contributed by atoms with Crippen LogP contribution in [-0.4, -0.2) is 28.0 Å². The molecule has 1 rings (SSSR count). The average Bonchev–Trinajstić information content (AvgIpc) is 2.36. The molecule has 0 saturated carbocycles. The summed E-state index contributed by atoms with van der Waals surface area (Å²) in [4.78, 5) is 11.7. The monoisotopic (exact) mass is 383 g/mol. The molecule has 1 aromatic rings. The molecule has 0 radical (unpaired) electrons. The van der Waals surface area contributed by atoms with Crippen LogP contribution in [0.5, 0.6) is 5.75 Å². The van der Waals surface area contributed by atoms with E-state index in [1.807, 2.05) is 6.92 Å². The Morgan fingerprint density at radius 2 is 2.10 bits per heavy atom. The fourth-order valence-electron chi connectivity index (χ4n) is 1.56. The van der Waals surface area contributed by atoms with E-state index in [1.165, 1.54) is 19.2 Å². The molecule has 0 aliphatic heterocycles. The maximum atomic E-state index is 11.9. The number of benzene rings is 1. The molecule has 8 heteroatoms. The lowest BCUT2D eigenvalue weighted by Crippen LogP contribution is -2.24. The molecule has 0 heterocycles. The summed E-state index contributed by atoms with van der Waals surface area (Å²) >= 11 is 3.17. The molecule has 0 spiro atoms. The number of nitrogens with one attached hydrogen (secondary N) is 1. The van der Waals surface area contributed by atoms with Crippen molar-refractivity contribution in [2.45, 2.75) is 24.7 Å². The first-order chi connectivity index (χ1) is 9.31. The summed E-state index contributed by atoms with van der Waals surface area (Å²) in [6, 6.07) is 2.69. The summed E-state index contributed by atoms with van der Waals surface area (Å²) in [6.07, 6.45) is 1.80. The molecule has 0 aliphatic rings. The Morgan fingerprint density at radius 1 is 1.45 bits per heavy atom. The summed E-state index contributed by atoms with van der Waals surface area (Å²) in [7, 11) is 2.67. The molecule has 0 atom stereocenters. The summed E-state index contributed by atoms with van der Waals surface area (Å²) in [5.41, 5.74) is 0.202. The Hall–Kier alpha value is -0.790. The molecule has 0 fully saturated rings. The van der Waals surface area contributed by atoms with E-state index in [2.05, 4.69) is 21.2 Å². The number of halogens is 2. The van der Waals surface area contributed by atoms with Gasteiger partial charge in [0, 0.05) is 22.8 Å². The van der Waals surface area contributed by atoms with E-state index < -0.39 is 9.05 Å². The van der Waals surface area contributed by atoms with Gasteiger partial charge in [-0.05, 0) is 34.5 Å². The first kappa shape index (κ1) is 17.3. The van der Waals surface area contributed by atoms with Crippen molar-refractivity contribution in [2.75, 3.05) is 13.7 Å². The SMILES string of the molecule is CCCCNC(=O)c1cc(Br)c(OC)c(S(=O)(=O)Cl)c1. The molecular weight excluding hydrogens is 370 g/mol. The molecule has 0 aliphatic carbocycles. The van der Waals surface area contributed by atoms with E-state index >= 15 is 0 Å². The van der Waals surface area contributed by atoms with Crippen LogP contribution in [-0.2, 0) is 9.05 Å². The topological polar surface area (TPSA) is 72.5 Å². The Kier molecular flexibility index (Phi) is 6.29. The highest BCUT2D eigenvalue weighted by molar-refractivity contribution is 9.10. The van der Waals surface area contributed by atoms with Crippen LogP contribution in [0.15, 0.2) is 21.5 Å². The predicted octanol–water partition coefficient (Wildman–Crippen LogP) is 2.92. The molecule has 0 bridgehead atoms. The number of unbranched alkanes of at least 4 members (excludes halogenated alkanes) is 1. The Bertz CT molecular complexity index is 604. The lowest BCUT2D eigenvalue weighted by molar-refractivity contribution is 0.0953. The third-order valence-electron chi connectivity index (χ3n) is 2.55. The highest BCUT2D eigenvalue weighted by atomic mass is 79.9. The number of ether oxygens (including phenoxy) is 1. The number of carbonyl (C=O) groups is 1. The maximum Gasteiger partial charge on any atom is 0.265 e. The van der Waals surface area contributed by atoms with E-state index in [0.717, 1.165) is 12.8 Å². The second-order valence-electron chi connectivity index (χ2n) is 4.04. The highest BCUT2D eigenvalue weighted by Gasteiger charge is 2.22. The van der Waals surface area contributed by atoms with Gasteiger partial charge in [-0.3, -0.25) is 4.79 Å². The van der Waals surface area contributed by atoms with Crippen molar-refractivity contribution in [1.29, 1.82) is 0 Å². The Morgan fingerprint density at radius 3 is 2.60 bits per heavy atom. The largest absolute Gasteiger partial charge is 0.494 e. The molecule has 1 N–H and O–H groups in total. The number of methoxy groups -OCH3 is 1. The molecular formula is C12H15BrClNO4S. The van der Waals surface area contributed by atoms with Gasteiger partial charge in [0.2, 0.25) is 0 Å². The first-order valence-electron chi connectivity index (χ1n) is 5.91. The van der Waals surface area contributed by atoms with Gasteiger partial charge in [0.05, 0.1) is 11.6 Å². The van der Waals surface area contributed by atoms with E-state index in [1.54, 1.807) is 0 Å². The minimum Gasteiger partial charge on any atom is -0.494 e. The smallest absolute Gasteiger partial charge is 0.265 e. The quantitative estimate of drug-likeness (QED) is 0.604. The summed E-state index contributed by atoms with van der Waals surface area (Å²) in [5, 5.41) is 2.70. The van der Waals surface area contributed by atoms with E-state index in [0.29, 0.717) is 11.0 Å². The van der Waals surface area contributed by atoms with Crippen molar-refractivity contribution < 1.29 is 17.9 Å². The molecule has 1 amide bonds. The molecule has 112 valence electrons. The fraction of sp³-hybridized carbons (Fsp3) is 0.417. The molecule has 0 aromatic heterocycles. The molecule has 5 nitrogen and oxygen atoms in total. The van der Waals surface area contributed by atoms with Crippen molar-refractivity contribution in [3.8, 4) is 5.75 Å². The second kappa shape index (κ2) is 7.28. The van der Waals surface area contributed by atoms with Crippen LogP contribution in [0.3, 0.4) is 0 Å². The third kappa shape index (κ3) is 4.36. The predicted molar refractivity (Wildman–Crippen MR) is 81.0 cm³/mol. The Balaban J connectivity index is 3.18. The van der Waals surface area contributed by atoms with Gasteiger partial charge in [-0.15, -0.1) is 0 Å². The second-order valence-corrected chi connectivity index (χ2v) is 7.43. The normalized spacial score (nSPS) is 11.2. The third-order valence-corrected chi connectivity index (χ3v) is 4.47. The van der Waals surface area contributed by atoms with Crippen LogP contribution in [0.4, 0.5) is 0 Å². The van der Waals surface area contributed by atoms with Crippen LogP contribution in [0, 0.1) is 0 Å². The van der Waals surface area contributed by atoms with Crippen LogP contribution in [0.2, 0.25) is 0 Å². The standard InChI is InChI=1S/C12H15BrClNO4S/c1-3-4-5-15-12(16)8-6-9(13)11(19-2)10(7-8)20(14,17)18/h6-7H,3-5H2,1-2H3,(H,15,16).